The molecule has 0 bridgehead atoms. The van der Waals surface area contributed by atoms with E-state index in [-0.39, 0.29) is 24.1 Å². The Balaban J connectivity index is 2.22. The zero-order valence-corrected chi connectivity index (χ0v) is 12.5. The lowest BCUT2D eigenvalue weighted by Crippen LogP contribution is -2.57. The average molecular weight is 276 g/mol. The Bertz CT molecular complexity index is 449. The van der Waals surface area contributed by atoms with Gasteiger partial charge in [0.15, 0.2) is 0 Å². The summed E-state index contributed by atoms with van der Waals surface area (Å²) in [7, 11) is 0. The Morgan fingerprint density at radius 3 is 2.65 bits per heavy atom. The highest BCUT2D eigenvalue weighted by molar-refractivity contribution is 5.82. The third-order valence-corrected chi connectivity index (χ3v) is 4.01. The number of amides is 1. The lowest BCUT2D eigenvalue weighted by Gasteiger charge is -2.44. The average Bonchev–Trinajstić information content (AvgIpc) is 2.47. The van der Waals surface area contributed by atoms with Crippen LogP contribution < -0.4 is 5.73 Å². The minimum atomic E-state index is -0.422. The lowest BCUT2D eigenvalue weighted by molar-refractivity contribution is -0.154. The number of carbonyl (C=O) groups excluding carboxylic acids is 1. The first-order valence-corrected chi connectivity index (χ1v) is 7.30. The van der Waals surface area contributed by atoms with Gasteiger partial charge in [0.25, 0.3) is 0 Å². The Hall–Kier alpha value is -1.39. The molecule has 1 aromatic carbocycles. The van der Waals surface area contributed by atoms with Crippen molar-refractivity contribution < 1.29 is 9.53 Å². The van der Waals surface area contributed by atoms with Crippen LogP contribution in [0.1, 0.15) is 38.9 Å². The highest BCUT2D eigenvalue weighted by Crippen LogP contribution is 2.31. The molecule has 0 aromatic heterocycles. The number of morpholine rings is 1. The van der Waals surface area contributed by atoms with E-state index in [1.165, 1.54) is 0 Å². The highest BCUT2D eigenvalue weighted by atomic mass is 16.5. The maximum atomic E-state index is 12.5. The van der Waals surface area contributed by atoms with Crippen molar-refractivity contribution >= 4 is 5.91 Å². The molecule has 1 aliphatic heterocycles. The molecule has 2 N–H and O–H groups in total. The molecule has 1 amide bonds. The first-order valence-electron chi connectivity index (χ1n) is 7.30. The SMILES string of the molecule is CC[C@H](N)C(=O)N1[C@H](C)CO[C@H](c2ccccc2)[C@H]1C. The molecule has 1 fully saturated rings. The first-order chi connectivity index (χ1) is 9.56. The fourth-order valence-corrected chi connectivity index (χ4v) is 2.81. The van der Waals surface area contributed by atoms with Crippen molar-refractivity contribution in [1.29, 1.82) is 0 Å². The lowest BCUT2D eigenvalue weighted by atomic mass is 9.97. The van der Waals surface area contributed by atoms with Crippen molar-refractivity contribution in [2.45, 2.75) is 51.4 Å². The first kappa shape index (κ1) is 15.0. The summed E-state index contributed by atoms with van der Waals surface area (Å²) in [6, 6.07) is 9.69. The third-order valence-electron chi connectivity index (χ3n) is 4.01. The summed E-state index contributed by atoms with van der Waals surface area (Å²) >= 11 is 0. The van der Waals surface area contributed by atoms with Gasteiger partial charge in [-0.25, -0.2) is 0 Å². The van der Waals surface area contributed by atoms with Crippen LogP contribution in [0.4, 0.5) is 0 Å². The number of benzene rings is 1. The van der Waals surface area contributed by atoms with Gasteiger partial charge in [-0.05, 0) is 25.8 Å². The summed E-state index contributed by atoms with van der Waals surface area (Å²) in [6.07, 6.45) is 0.575. The van der Waals surface area contributed by atoms with E-state index in [9.17, 15) is 4.79 Å². The Kier molecular flexibility index (Phi) is 4.78. The third kappa shape index (κ3) is 2.86. The highest BCUT2D eigenvalue weighted by Gasteiger charge is 2.38. The van der Waals surface area contributed by atoms with Gasteiger partial charge in [-0.1, -0.05) is 37.3 Å². The van der Waals surface area contributed by atoms with E-state index in [0.29, 0.717) is 13.0 Å². The van der Waals surface area contributed by atoms with Gasteiger partial charge in [0, 0.05) is 0 Å². The normalized spacial score (nSPS) is 28.2. The molecule has 0 spiro atoms. The van der Waals surface area contributed by atoms with E-state index >= 15 is 0 Å². The monoisotopic (exact) mass is 276 g/mol. The molecule has 2 rings (SSSR count). The number of hydrogen-bond donors (Lipinski definition) is 1. The summed E-state index contributed by atoms with van der Waals surface area (Å²) < 4.78 is 5.95. The van der Waals surface area contributed by atoms with Crippen molar-refractivity contribution in [3.63, 3.8) is 0 Å². The van der Waals surface area contributed by atoms with Gasteiger partial charge in [-0.2, -0.15) is 0 Å². The fourth-order valence-electron chi connectivity index (χ4n) is 2.81. The quantitative estimate of drug-likeness (QED) is 0.920. The van der Waals surface area contributed by atoms with E-state index in [1.807, 2.05) is 56.0 Å². The van der Waals surface area contributed by atoms with Crippen LogP contribution in [0.3, 0.4) is 0 Å². The van der Waals surface area contributed by atoms with Gasteiger partial charge in [0.1, 0.15) is 6.10 Å². The molecule has 1 aromatic rings. The molecule has 0 unspecified atom stereocenters. The second-order valence-electron chi connectivity index (χ2n) is 5.51. The largest absolute Gasteiger partial charge is 0.369 e. The molecule has 0 saturated carbocycles. The topological polar surface area (TPSA) is 55.6 Å². The second kappa shape index (κ2) is 6.37. The number of nitrogens with zero attached hydrogens (tertiary/aromatic N) is 1. The Morgan fingerprint density at radius 2 is 2.05 bits per heavy atom. The van der Waals surface area contributed by atoms with Gasteiger partial charge >= 0.3 is 0 Å². The zero-order valence-electron chi connectivity index (χ0n) is 12.5. The van der Waals surface area contributed by atoms with Crippen molar-refractivity contribution in [3.05, 3.63) is 35.9 Å². The van der Waals surface area contributed by atoms with Crippen LogP contribution in [0.25, 0.3) is 0 Å². The number of rotatable bonds is 3. The van der Waals surface area contributed by atoms with Crippen molar-refractivity contribution in [2.75, 3.05) is 6.61 Å². The molecule has 110 valence electrons. The van der Waals surface area contributed by atoms with Crippen LogP contribution in [0, 0.1) is 0 Å². The van der Waals surface area contributed by atoms with Crippen molar-refractivity contribution in [3.8, 4) is 0 Å². The number of carbonyl (C=O) groups is 1. The minimum absolute atomic E-state index is 0.00810. The summed E-state index contributed by atoms with van der Waals surface area (Å²) in [5, 5.41) is 0. The van der Waals surface area contributed by atoms with Crippen LogP contribution in [0.15, 0.2) is 30.3 Å². The molecule has 0 aliphatic carbocycles. The van der Waals surface area contributed by atoms with Crippen molar-refractivity contribution in [1.82, 2.24) is 4.90 Å². The maximum Gasteiger partial charge on any atom is 0.240 e. The van der Waals surface area contributed by atoms with E-state index in [2.05, 4.69) is 0 Å². The van der Waals surface area contributed by atoms with E-state index < -0.39 is 6.04 Å². The summed E-state index contributed by atoms with van der Waals surface area (Å²) in [4.78, 5) is 14.4. The minimum Gasteiger partial charge on any atom is -0.369 e. The summed E-state index contributed by atoms with van der Waals surface area (Å²) in [6.45, 7) is 6.53. The Labute approximate surface area is 120 Å². The molecule has 20 heavy (non-hydrogen) atoms. The number of nitrogens with two attached hydrogens (primary N) is 1. The molecular weight excluding hydrogens is 252 g/mol. The molecule has 4 heteroatoms. The van der Waals surface area contributed by atoms with Crippen LogP contribution in [-0.2, 0) is 9.53 Å². The van der Waals surface area contributed by atoms with Gasteiger partial charge in [-0.3, -0.25) is 4.79 Å². The van der Waals surface area contributed by atoms with Gasteiger partial charge in [0.2, 0.25) is 5.91 Å². The van der Waals surface area contributed by atoms with E-state index in [4.69, 9.17) is 10.5 Å². The maximum absolute atomic E-state index is 12.5. The van der Waals surface area contributed by atoms with Gasteiger partial charge < -0.3 is 15.4 Å². The van der Waals surface area contributed by atoms with Crippen molar-refractivity contribution in [2.24, 2.45) is 5.73 Å². The molecule has 0 radical (unpaired) electrons. The van der Waals surface area contributed by atoms with E-state index in [1.54, 1.807) is 0 Å². The molecule has 4 atom stereocenters. The van der Waals surface area contributed by atoms with Crippen LogP contribution in [0.2, 0.25) is 0 Å². The van der Waals surface area contributed by atoms with E-state index in [0.717, 1.165) is 5.56 Å². The van der Waals surface area contributed by atoms with Gasteiger partial charge in [0.05, 0.1) is 24.7 Å². The van der Waals surface area contributed by atoms with Crippen LogP contribution in [0.5, 0.6) is 0 Å². The molecular formula is C16H24N2O2. The van der Waals surface area contributed by atoms with Crippen LogP contribution in [-0.4, -0.2) is 35.5 Å². The number of ether oxygens (including phenoxy) is 1. The molecule has 1 aliphatic rings. The summed E-state index contributed by atoms with van der Waals surface area (Å²) in [5.74, 6) is 0.0248. The predicted octanol–water partition coefficient (Wildman–Crippen LogP) is 2.10. The second-order valence-corrected chi connectivity index (χ2v) is 5.51. The molecule has 4 nitrogen and oxygen atoms in total. The zero-order chi connectivity index (χ0) is 14.7. The summed E-state index contributed by atoms with van der Waals surface area (Å²) in [5.41, 5.74) is 7.03. The number of hydrogen-bond acceptors (Lipinski definition) is 3. The molecule has 1 heterocycles. The smallest absolute Gasteiger partial charge is 0.240 e. The fraction of sp³-hybridized carbons (Fsp3) is 0.562. The van der Waals surface area contributed by atoms with Gasteiger partial charge in [-0.15, -0.1) is 0 Å². The predicted molar refractivity (Wildman–Crippen MR) is 79.2 cm³/mol. The standard InChI is InChI=1S/C16H24N2O2/c1-4-14(17)16(19)18-11(2)10-20-15(12(18)3)13-8-6-5-7-9-13/h5-9,11-12,14-15H,4,10,17H2,1-3H3/t11-,12-,14+,15+/m1/s1. The Morgan fingerprint density at radius 1 is 1.40 bits per heavy atom. The molecule has 1 saturated heterocycles. The van der Waals surface area contributed by atoms with Crippen LogP contribution >= 0.6 is 0 Å².